The number of ether oxygens (including phenoxy) is 8. The summed E-state index contributed by atoms with van der Waals surface area (Å²) in [7, 11) is 0. The average molecular weight is 619 g/mol. The number of benzene rings is 3. The van der Waals surface area contributed by atoms with Crippen LogP contribution in [-0.2, 0) is 28.6 Å². The zero-order valence-electron chi connectivity index (χ0n) is 23.6. The number of carbonyl (C=O) groups is 5. The number of esters is 5. The molecule has 3 rings (SSSR count). The Balaban J connectivity index is 1.68. The Hall–Kier alpha value is -6.37. The van der Waals surface area contributed by atoms with Gasteiger partial charge in [0.15, 0.2) is 11.5 Å². The SMILES string of the molecule is C=CC(=O)OCOc1ccc(C(=O)Oc2ccc(OC(=O)c3ccc(OCOC(=O)C=C)cc3)c(OCOC(=O)C=C)c2)cc1. The maximum absolute atomic E-state index is 12.8. The van der Waals surface area contributed by atoms with Crippen LogP contribution in [0.3, 0.4) is 0 Å². The predicted octanol–water partition coefficient (Wildman–Crippen LogP) is 4.32. The third-order valence-electron chi connectivity index (χ3n) is 5.28. The Bertz CT molecular complexity index is 1560. The topological polar surface area (TPSA) is 159 Å². The van der Waals surface area contributed by atoms with E-state index in [1.165, 1.54) is 66.7 Å². The molecule has 0 unspecified atom stereocenters. The molecule has 0 atom stereocenters. The highest BCUT2D eigenvalue weighted by Crippen LogP contribution is 2.33. The van der Waals surface area contributed by atoms with Gasteiger partial charge in [-0.3, -0.25) is 0 Å². The Kier molecular flexibility index (Phi) is 12.5. The molecule has 0 spiro atoms. The van der Waals surface area contributed by atoms with Crippen LogP contribution in [0.1, 0.15) is 20.7 Å². The van der Waals surface area contributed by atoms with Gasteiger partial charge < -0.3 is 37.9 Å². The molecule has 0 radical (unpaired) electrons. The van der Waals surface area contributed by atoms with Gasteiger partial charge in [0.05, 0.1) is 11.1 Å². The molecule has 13 heteroatoms. The van der Waals surface area contributed by atoms with Crippen molar-refractivity contribution in [2.45, 2.75) is 0 Å². The van der Waals surface area contributed by atoms with Crippen LogP contribution in [0, 0.1) is 0 Å². The van der Waals surface area contributed by atoms with E-state index in [-0.39, 0.29) is 42.0 Å². The molecule has 0 heterocycles. The van der Waals surface area contributed by atoms with Gasteiger partial charge in [0.1, 0.15) is 17.2 Å². The molecule has 0 N–H and O–H groups in total. The van der Waals surface area contributed by atoms with Gasteiger partial charge in [-0.15, -0.1) is 0 Å². The van der Waals surface area contributed by atoms with E-state index >= 15 is 0 Å². The van der Waals surface area contributed by atoms with Gasteiger partial charge in [0, 0.05) is 24.3 Å². The minimum Gasteiger partial charge on any atom is -0.457 e. The van der Waals surface area contributed by atoms with Crippen LogP contribution in [0.15, 0.2) is 105 Å². The lowest BCUT2D eigenvalue weighted by Gasteiger charge is -2.14. The molecule has 3 aromatic carbocycles. The van der Waals surface area contributed by atoms with Gasteiger partial charge in [-0.25, -0.2) is 24.0 Å². The van der Waals surface area contributed by atoms with Gasteiger partial charge >= 0.3 is 29.8 Å². The second-order valence-corrected chi connectivity index (χ2v) is 8.23. The summed E-state index contributed by atoms with van der Waals surface area (Å²) in [4.78, 5) is 59.2. The highest BCUT2D eigenvalue weighted by Gasteiger charge is 2.17. The molecule has 0 aliphatic carbocycles. The fraction of sp³-hybridized carbons (Fsp3) is 0.0938. The molecule has 0 fully saturated rings. The largest absolute Gasteiger partial charge is 0.457 e. The van der Waals surface area contributed by atoms with Gasteiger partial charge in [0.25, 0.3) is 0 Å². The summed E-state index contributed by atoms with van der Waals surface area (Å²) in [6.45, 7) is 8.59. The Labute approximate surface area is 256 Å². The number of carbonyl (C=O) groups excluding carboxylic acids is 5. The quantitative estimate of drug-likeness (QED) is 0.0735. The molecule has 13 nitrogen and oxygen atoms in total. The second-order valence-electron chi connectivity index (χ2n) is 8.23. The standard InChI is InChI=1S/C32H26O13/c1-4-28(33)41-18-38-23-11-7-21(8-12-23)31(36)44-25-15-16-26(27(17-25)40-20-43-30(35)6-3)45-32(37)22-9-13-24(14-10-22)39-19-42-29(34)5-2/h4-17H,1-3,18-20H2. The maximum atomic E-state index is 12.8. The van der Waals surface area contributed by atoms with E-state index in [1.54, 1.807) is 0 Å². The Morgan fingerprint density at radius 2 is 0.889 bits per heavy atom. The third kappa shape index (κ3) is 10.8. The van der Waals surface area contributed by atoms with E-state index in [9.17, 15) is 24.0 Å². The predicted molar refractivity (Wildman–Crippen MR) is 155 cm³/mol. The maximum Gasteiger partial charge on any atom is 0.343 e. The van der Waals surface area contributed by atoms with Crippen molar-refractivity contribution in [1.29, 1.82) is 0 Å². The van der Waals surface area contributed by atoms with Crippen LogP contribution in [0.25, 0.3) is 0 Å². The molecule has 0 aliphatic rings. The first-order valence-electron chi connectivity index (χ1n) is 12.8. The van der Waals surface area contributed by atoms with E-state index in [4.69, 9.17) is 37.9 Å². The molecular formula is C32H26O13. The van der Waals surface area contributed by atoms with Crippen molar-refractivity contribution in [2.24, 2.45) is 0 Å². The fourth-order valence-electron chi connectivity index (χ4n) is 3.09. The molecule has 0 amide bonds. The van der Waals surface area contributed by atoms with Crippen molar-refractivity contribution in [2.75, 3.05) is 20.4 Å². The Morgan fingerprint density at radius 1 is 0.489 bits per heavy atom. The molecule has 0 saturated carbocycles. The van der Waals surface area contributed by atoms with Crippen LogP contribution in [0.4, 0.5) is 0 Å². The highest BCUT2D eigenvalue weighted by molar-refractivity contribution is 5.92. The lowest BCUT2D eigenvalue weighted by Crippen LogP contribution is -2.13. The van der Waals surface area contributed by atoms with E-state index < -0.39 is 36.6 Å². The van der Waals surface area contributed by atoms with Gasteiger partial charge in [-0.05, 0) is 60.7 Å². The summed E-state index contributed by atoms with van der Waals surface area (Å²) in [6.07, 6.45) is 2.92. The molecule has 232 valence electrons. The number of hydrogen-bond acceptors (Lipinski definition) is 13. The van der Waals surface area contributed by atoms with Crippen LogP contribution in [0.2, 0.25) is 0 Å². The van der Waals surface area contributed by atoms with Gasteiger partial charge in [-0.1, -0.05) is 19.7 Å². The van der Waals surface area contributed by atoms with Crippen molar-refractivity contribution < 1.29 is 61.9 Å². The van der Waals surface area contributed by atoms with E-state index in [0.717, 1.165) is 18.2 Å². The lowest BCUT2D eigenvalue weighted by atomic mass is 10.2. The lowest BCUT2D eigenvalue weighted by molar-refractivity contribution is -0.145. The molecule has 0 saturated heterocycles. The number of rotatable bonds is 16. The van der Waals surface area contributed by atoms with E-state index in [0.29, 0.717) is 11.5 Å². The van der Waals surface area contributed by atoms with Crippen molar-refractivity contribution in [1.82, 2.24) is 0 Å². The summed E-state index contributed by atoms with van der Waals surface area (Å²) < 4.78 is 41.1. The normalized spacial score (nSPS) is 9.87. The zero-order chi connectivity index (χ0) is 32.6. The van der Waals surface area contributed by atoms with Crippen molar-refractivity contribution in [3.63, 3.8) is 0 Å². The molecule has 45 heavy (non-hydrogen) atoms. The van der Waals surface area contributed by atoms with Crippen molar-refractivity contribution in [3.8, 4) is 28.7 Å². The van der Waals surface area contributed by atoms with Crippen LogP contribution in [0.5, 0.6) is 28.7 Å². The van der Waals surface area contributed by atoms with Crippen molar-refractivity contribution in [3.05, 3.63) is 116 Å². The van der Waals surface area contributed by atoms with Gasteiger partial charge in [0.2, 0.25) is 20.4 Å². The van der Waals surface area contributed by atoms with Crippen molar-refractivity contribution >= 4 is 29.8 Å². The highest BCUT2D eigenvalue weighted by atomic mass is 16.7. The smallest absolute Gasteiger partial charge is 0.343 e. The zero-order valence-corrected chi connectivity index (χ0v) is 23.6. The van der Waals surface area contributed by atoms with Crippen LogP contribution < -0.4 is 23.7 Å². The fourth-order valence-corrected chi connectivity index (χ4v) is 3.09. The second kappa shape index (κ2) is 16.9. The summed E-state index contributed by atoms with van der Waals surface area (Å²) >= 11 is 0. The van der Waals surface area contributed by atoms with Crippen LogP contribution >= 0.6 is 0 Å². The first-order chi connectivity index (χ1) is 21.7. The molecule has 3 aromatic rings. The van der Waals surface area contributed by atoms with E-state index in [1.807, 2.05) is 0 Å². The summed E-state index contributed by atoms with van der Waals surface area (Å²) in [5.74, 6) is -3.09. The minimum absolute atomic E-state index is 0.0140. The summed E-state index contributed by atoms with van der Waals surface area (Å²) in [6, 6.07) is 15.5. The number of hydrogen-bond donors (Lipinski definition) is 0. The first-order valence-corrected chi connectivity index (χ1v) is 12.8. The molecule has 0 bridgehead atoms. The third-order valence-corrected chi connectivity index (χ3v) is 5.28. The Morgan fingerprint density at radius 3 is 1.33 bits per heavy atom. The van der Waals surface area contributed by atoms with E-state index in [2.05, 4.69) is 19.7 Å². The monoisotopic (exact) mass is 618 g/mol. The molecular weight excluding hydrogens is 592 g/mol. The molecule has 0 aromatic heterocycles. The first kappa shape index (κ1) is 33.1. The minimum atomic E-state index is -0.779. The van der Waals surface area contributed by atoms with Gasteiger partial charge in [-0.2, -0.15) is 0 Å². The molecule has 0 aliphatic heterocycles. The summed E-state index contributed by atoms with van der Waals surface area (Å²) in [5, 5.41) is 0. The van der Waals surface area contributed by atoms with Crippen LogP contribution in [-0.4, -0.2) is 50.2 Å². The average Bonchev–Trinajstić information content (AvgIpc) is 3.06. The summed E-state index contributed by atoms with van der Waals surface area (Å²) in [5.41, 5.74) is 0.297.